The Morgan fingerprint density at radius 2 is 1.90 bits per heavy atom. The van der Waals surface area contributed by atoms with Gasteiger partial charge >= 0.3 is 0 Å². The maximum atomic E-state index is 9.73. The number of likely N-dealkylation sites (tertiary alicyclic amines) is 1. The summed E-state index contributed by atoms with van der Waals surface area (Å²) in [5, 5.41) is 13.9. The molecule has 1 aromatic rings. The van der Waals surface area contributed by atoms with Crippen LogP contribution in [0.15, 0.2) is 4.52 Å². The SMILES string of the molecule is OC[C@@H]1CN(C2CCCCC2)C[C@H]1c1nc(C2CC2)no1. The Morgan fingerprint density at radius 1 is 1.10 bits per heavy atom. The second-order valence-corrected chi connectivity index (χ2v) is 7.06. The number of aliphatic hydroxyl groups is 1. The highest BCUT2D eigenvalue weighted by molar-refractivity contribution is 5.08. The predicted octanol–water partition coefficient (Wildman–Crippen LogP) is 2.29. The number of hydrogen-bond acceptors (Lipinski definition) is 5. The molecule has 4 rings (SSSR count). The summed E-state index contributed by atoms with van der Waals surface area (Å²) in [4.78, 5) is 7.18. The molecular formula is C16H25N3O2. The van der Waals surface area contributed by atoms with E-state index in [0.29, 0.717) is 12.0 Å². The fraction of sp³-hybridized carbons (Fsp3) is 0.875. The third kappa shape index (κ3) is 2.73. The Balaban J connectivity index is 1.47. The summed E-state index contributed by atoms with van der Waals surface area (Å²) in [6.45, 7) is 2.17. The van der Waals surface area contributed by atoms with Crippen molar-refractivity contribution in [3.8, 4) is 0 Å². The lowest BCUT2D eigenvalue weighted by Gasteiger charge is -2.31. The van der Waals surface area contributed by atoms with Crippen LogP contribution in [0.3, 0.4) is 0 Å². The molecule has 0 spiro atoms. The fourth-order valence-electron chi connectivity index (χ4n) is 4.02. The van der Waals surface area contributed by atoms with Crippen LogP contribution in [0.5, 0.6) is 0 Å². The Labute approximate surface area is 125 Å². The highest BCUT2D eigenvalue weighted by atomic mass is 16.5. The fourth-order valence-corrected chi connectivity index (χ4v) is 4.02. The van der Waals surface area contributed by atoms with Crippen LogP contribution < -0.4 is 0 Å². The van der Waals surface area contributed by atoms with E-state index in [0.717, 1.165) is 24.8 Å². The molecule has 0 unspecified atom stereocenters. The van der Waals surface area contributed by atoms with Crippen LogP contribution in [0, 0.1) is 5.92 Å². The van der Waals surface area contributed by atoms with Gasteiger partial charge in [0, 0.05) is 37.6 Å². The number of rotatable bonds is 4. The van der Waals surface area contributed by atoms with Gasteiger partial charge in [-0.05, 0) is 25.7 Å². The van der Waals surface area contributed by atoms with Crippen molar-refractivity contribution in [2.24, 2.45) is 5.92 Å². The number of hydrogen-bond donors (Lipinski definition) is 1. The highest BCUT2D eigenvalue weighted by Gasteiger charge is 2.40. The molecule has 0 radical (unpaired) electrons. The highest BCUT2D eigenvalue weighted by Crippen LogP contribution is 2.40. The van der Waals surface area contributed by atoms with Crippen LogP contribution in [0.4, 0.5) is 0 Å². The van der Waals surface area contributed by atoms with Gasteiger partial charge in [-0.1, -0.05) is 24.4 Å². The second kappa shape index (κ2) is 5.69. The van der Waals surface area contributed by atoms with Crippen LogP contribution in [0.25, 0.3) is 0 Å². The normalized spacial score (nSPS) is 31.9. The van der Waals surface area contributed by atoms with Crippen LogP contribution in [0.2, 0.25) is 0 Å². The van der Waals surface area contributed by atoms with Crippen LogP contribution in [0.1, 0.15) is 68.5 Å². The van der Waals surface area contributed by atoms with Gasteiger partial charge in [-0.25, -0.2) is 0 Å². The summed E-state index contributed by atoms with van der Waals surface area (Å²) in [6.07, 6.45) is 9.09. The monoisotopic (exact) mass is 291 g/mol. The molecule has 1 N–H and O–H groups in total. The van der Waals surface area contributed by atoms with E-state index in [1.807, 2.05) is 0 Å². The zero-order chi connectivity index (χ0) is 14.2. The van der Waals surface area contributed by atoms with Crippen molar-refractivity contribution in [1.82, 2.24) is 15.0 Å². The van der Waals surface area contributed by atoms with Crippen molar-refractivity contribution in [2.75, 3.05) is 19.7 Å². The van der Waals surface area contributed by atoms with Gasteiger partial charge in [0.2, 0.25) is 5.89 Å². The van der Waals surface area contributed by atoms with E-state index >= 15 is 0 Å². The molecule has 5 heteroatoms. The first kappa shape index (κ1) is 13.7. The van der Waals surface area contributed by atoms with E-state index in [1.54, 1.807) is 0 Å². The molecule has 0 aromatic carbocycles. The van der Waals surface area contributed by atoms with Crippen molar-refractivity contribution >= 4 is 0 Å². The standard InChI is InChI=1S/C16H25N3O2/c20-10-12-8-19(13-4-2-1-3-5-13)9-14(12)16-17-15(18-21-16)11-6-7-11/h11-14,20H,1-10H2/t12-,14+/m0/s1. The molecule has 2 heterocycles. The smallest absolute Gasteiger partial charge is 0.231 e. The molecule has 2 saturated carbocycles. The molecule has 5 nitrogen and oxygen atoms in total. The molecule has 0 bridgehead atoms. The number of aliphatic hydroxyl groups excluding tert-OH is 1. The van der Waals surface area contributed by atoms with E-state index in [2.05, 4.69) is 15.0 Å². The van der Waals surface area contributed by atoms with E-state index in [9.17, 15) is 5.11 Å². The summed E-state index contributed by atoms with van der Waals surface area (Å²) >= 11 is 0. The first-order valence-corrected chi connectivity index (χ1v) is 8.53. The maximum absolute atomic E-state index is 9.73. The van der Waals surface area contributed by atoms with Crippen molar-refractivity contribution in [3.63, 3.8) is 0 Å². The molecule has 21 heavy (non-hydrogen) atoms. The van der Waals surface area contributed by atoms with E-state index in [-0.39, 0.29) is 18.4 Å². The third-order valence-electron chi connectivity index (χ3n) is 5.51. The van der Waals surface area contributed by atoms with Gasteiger partial charge in [-0.3, -0.25) is 4.90 Å². The van der Waals surface area contributed by atoms with E-state index in [4.69, 9.17) is 4.52 Å². The molecule has 2 atom stereocenters. The Kier molecular flexibility index (Phi) is 3.71. The van der Waals surface area contributed by atoms with Crippen molar-refractivity contribution in [3.05, 3.63) is 11.7 Å². The van der Waals surface area contributed by atoms with Crippen LogP contribution in [-0.2, 0) is 0 Å². The van der Waals surface area contributed by atoms with E-state index < -0.39 is 0 Å². The van der Waals surface area contributed by atoms with E-state index in [1.165, 1.54) is 44.9 Å². The Morgan fingerprint density at radius 3 is 2.62 bits per heavy atom. The quantitative estimate of drug-likeness (QED) is 0.922. The Hall–Kier alpha value is -0.940. The predicted molar refractivity (Wildman–Crippen MR) is 78.0 cm³/mol. The molecule has 1 aromatic heterocycles. The van der Waals surface area contributed by atoms with Crippen molar-refractivity contribution in [1.29, 1.82) is 0 Å². The number of nitrogens with zero attached hydrogens (tertiary/aromatic N) is 3. The summed E-state index contributed by atoms with van der Waals surface area (Å²) in [7, 11) is 0. The molecule has 1 aliphatic heterocycles. The average Bonchev–Trinajstić information content (AvgIpc) is 3.12. The minimum atomic E-state index is 0.217. The lowest BCUT2D eigenvalue weighted by Crippen LogP contribution is -2.35. The molecule has 116 valence electrons. The van der Waals surface area contributed by atoms with Crippen molar-refractivity contribution in [2.45, 2.75) is 62.8 Å². The van der Waals surface area contributed by atoms with Crippen molar-refractivity contribution < 1.29 is 9.63 Å². The Bertz CT molecular complexity index is 480. The summed E-state index contributed by atoms with van der Waals surface area (Å²) < 4.78 is 5.52. The first-order chi connectivity index (χ1) is 10.3. The second-order valence-electron chi connectivity index (χ2n) is 7.06. The van der Waals surface area contributed by atoms with Gasteiger partial charge < -0.3 is 9.63 Å². The van der Waals surface area contributed by atoms with Crippen LogP contribution in [-0.4, -0.2) is 45.9 Å². The van der Waals surface area contributed by atoms with Crippen LogP contribution >= 0.6 is 0 Å². The summed E-state index contributed by atoms with van der Waals surface area (Å²) in [5.74, 6) is 2.65. The largest absolute Gasteiger partial charge is 0.396 e. The minimum Gasteiger partial charge on any atom is -0.396 e. The maximum Gasteiger partial charge on any atom is 0.231 e. The minimum absolute atomic E-state index is 0.217. The first-order valence-electron chi connectivity index (χ1n) is 8.53. The lowest BCUT2D eigenvalue weighted by molar-refractivity contribution is 0.169. The molecule has 2 aliphatic carbocycles. The van der Waals surface area contributed by atoms with Gasteiger partial charge in [0.1, 0.15) is 0 Å². The summed E-state index contributed by atoms with van der Waals surface area (Å²) in [5.41, 5.74) is 0. The topological polar surface area (TPSA) is 62.4 Å². The molecule has 0 amide bonds. The zero-order valence-electron chi connectivity index (χ0n) is 12.6. The van der Waals surface area contributed by atoms with Gasteiger partial charge in [-0.2, -0.15) is 4.98 Å². The van der Waals surface area contributed by atoms with Gasteiger partial charge in [-0.15, -0.1) is 0 Å². The lowest BCUT2D eigenvalue weighted by atomic mass is 9.94. The van der Waals surface area contributed by atoms with Gasteiger partial charge in [0.05, 0.1) is 5.92 Å². The number of aromatic nitrogens is 2. The summed E-state index contributed by atoms with van der Waals surface area (Å²) in [6, 6.07) is 0.698. The van der Waals surface area contributed by atoms with Gasteiger partial charge in [0.25, 0.3) is 0 Å². The average molecular weight is 291 g/mol. The third-order valence-corrected chi connectivity index (χ3v) is 5.51. The molecule has 3 aliphatic rings. The molecule has 1 saturated heterocycles. The zero-order valence-corrected chi connectivity index (χ0v) is 12.6. The molecular weight excluding hydrogens is 266 g/mol. The van der Waals surface area contributed by atoms with Gasteiger partial charge in [0.15, 0.2) is 5.82 Å². The molecule has 3 fully saturated rings.